The molecule has 0 bridgehead atoms. The molecule has 1 nitrogen and oxygen atoms in total. The molecule has 0 atom stereocenters. The molecule has 0 aromatic heterocycles. The molecule has 0 aliphatic carbocycles. The van der Waals surface area contributed by atoms with Crippen molar-refractivity contribution >= 4 is 23.1 Å². The van der Waals surface area contributed by atoms with Crippen LogP contribution in [0.25, 0.3) is 0 Å². The van der Waals surface area contributed by atoms with Gasteiger partial charge in [0.05, 0.1) is 11.3 Å². The van der Waals surface area contributed by atoms with Gasteiger partial charge in [0, 0.05) is 16.3 Å². The van der Waals surface area contributed by atoms with Crippen molar-refractivity contribution in [1.82, 2.24) is 0 Å². The molecule has 2 aromatic carbocycles. The Bertz CT molecular complexity index is 622. The third-order valence-electron chi connectivity index (χ3n) is 2.98. The number of thioether (sulfide) groups is 1. The van der Waals surface area contributed by atoms with Gasteiger partial charge in [0.15, 0.2) is 0 Å². The number of benzene rings is 2. The molecule has 1 aliphatic rings. The maximum atomic E-state index is 12.7. The van der Waals surface area contributed by atoms with E-state index in [1.807, 2.05) is 24.3 Å². The van der Waals surface area contributed by atoms with Crippen LogP contribution in [0.2, 0.25) is 0 Å². The van der Waals surface area contributed by atoms with Crippen molar-refractivity contribution < 1.29 is 13.2 Å². The summed E-state index contributed by atoms with van der Waals surface area (Å²) in [6.07, 6.45) is -4.31. The van der Waals surface area contributed by atoms with Crippen molar-refractivity contribution in [3.63, 3.8) is 0 Å². The molecular weight excluding hydrogens is 271 g/mol. The summed E-state index contributed by atoms with van der Waals surface area (Å²) in [5.74, 6) is 0.664. The van der Waals surface area contributed by atoms with E-state index >= 15 is 0 Å². The molecule has 5 heteroatoms. The third-order valence-corrected chi connectivity index (χ3v) is 4.10. The monoisotopic (exact) mass is 281 g/mol. The van der Waals surface area contributed by atoms with Crippen molar-refractivity contribution in [2.75, 3.05) is 5.32 Å². The summed E-state index contributed by atoms with van der Waals surface area (Å²) in [5.41, 5.74) is 1.65. The summed E-state index contributed by atoms with van der Waals surface area (Å²) >= 11 is 1.62. The van der Waals surface area contributed by atoms with Gasteiger partial charge in [0.25, 0.3) is 0 Å². The fourth-order valence-corrected chi connectivity index (χ4v) is 3.00. The second-order valence-corrected chi connectivity index (χ2v) is 5.30. The van der Waals surface area contributed by atoms with Gasteiger partial charge in [0.1, 0.15) is 0 Å². The van der Waals surface area contributed by atoms with Gasteiger partial charge < -0.3 is 5.32 Å². The summed E-state index contributed by atoms with van der Waals surface area (Å²) in [5, 5.41) is 3.09. The normalized spacial score (nSPS) is 14.1. The summed E-state index contributed by atoms with van der Waals surface area (Å²) in [6.45, 7) is 0. The van der Waals surface area contributed by atoms with E-state index in [0.717, 1.165) is 22.2 Å². The predicted molar refractivity (Wildman–Crippen MR) is 70.7 cm³/mol. The van der Waals surface area contributed by atoms with Crippen molar-refractivity contribution in [2.24, 2.45) is 0 Å². The molecule has 98 valence electrons. The topological polar surface area (TPSA) is 12.0 Å². The Hall–Kier alpha value is -1.62. The minimum absolute atomic E-state index is 0.535. The van der Waals surface area contributed by atoms with Crippen LogP contribution in [0.15, 0.2) is 47.4 Å². The average molecular weight is 281 g/mol. The Morgan fingerprint density at radius 3 is 2.58 bits per heavy atom. The van der Waals surface area contributed by atoms with E-state index in [4.69, 9.17) is 0 Å². The first kappa shape index (κ1) is 12.4. The lowest BCUT2D eigenvalue weighted by molar-refractivity contribution is -0.137. The molecule has 19 heavy (non-hydrogen) atoms. The molecule has 0 saturated carbocycles. The lowest BCUT2D eigenvalue weighted by Crippen LogP contribution is -2.06. The minimum atomic E-state index is -4.31. The van der Waals surface area contributed by atoms with Crippen LogP contribution in [0.4, 0.5) is 24.5 Å². The maximum Gasteiger partial charge on any atom is 0.416 e. The number of rotatable bonds is 0. The third kappa shape index (κ3) is 2.42. The lowest BCUT2D eigenvalue weighted by Gasteiger charge is -2.12. The number of fused-ring (bicyclic) bond motifs is 2. The quantitative estimate of drug-likeness (QED) is 0.724. The maximum absolute atomic E-state index is 12.7. The van der Waals surface area contributed by atoms with Gasteiger partial charge in [-0.2, -0.15) is 13.2 Å². The van der Waals surface area contributed by atoms with E-state index in [9.17, 15) is 13.2 Å². The molecule has 3 rings (SSSR count). The molecule has 0 fully saturated rings. The van der Waals surface area contributed by atoms with Crippen LogP contribution in [-0.2, 0) is 11.9 Å². The van der Waals surface area contributed by atoms with Gasteiger partial charge >= 0.3 is 6.18 Å². The Morgan fingerprint density at radius 2 is 1.79 bits per heavy atom. The second kappa shape index (κ2) is 4.49. The zero-order chi connectivity index (χ0) is 13.5. The number of hydrogen-bond donors (Lipinski definition) is 1. The van der Waals surface area contributed by atoms with Gasteiger partial charge in [-0.25, -0.2) is 0 Å². The Kier molecular flexibility index (Phi) is 2.93. The smallest absolute Gasteiger partial charge is 0.354 e. The van der Waals surface area contributed by atoms with Crippen molar-refractivity contribution in [3.05, 3.63) is 53.6 Å². The number of hydrogen-bond acceptors (Lipinski definition) is 2. The standard InChI is InChI=1S/C14H10F3NS/c15-14(16,17)10-6-5-9-8-19-13-4-2-1-3-11(13)18-12(9)7-10/h1-7,18H,8H2. The van der Waals surface area contributed by atoms with Crippen LogP contribution < -0.4 is 5.32 Å². The summed E-state index contributed by atoms with van der Waals surface area (Å²) in [4.78, 5) is 1.05. The van der Waals surface area contributed by atoms with Gasteiger partial charge in [-0.1, -0.05) is 18.2 Å². The summed E-state index contributed by atoms with van der Waals surface area (Å²) in [6, 6.07) is 11.5. The van der Waals surface area contributed by atoms with E-state index in [0.29, 0.717) is 11.4 Å². The molecule has 0 spiro atoms. The minimum Gasteiger partial charge on any atom is -0.354 e. The molecule has 1 N–H and O–H groups in total. The fraction of sp³-hybridized carbons (Fsp3) is 0.143. The molecule has 0 unspecified atom stereocenters. The van der Waals surface area contributed by atoms with Crippen LogP contribution in [0, 0.1) is 0 Å². The molecule has 1 heterocycles. The summed E-state index contributed by atoms with van der Waals surface area (Å²) < 4.78 is 38.2. The van der Waals surface area contributed by atoms with Gasteiger partial charge in [-0.15, -0.1) is 11.8 Å². The number of para-hydroxylation sites is 1. The van der Waals surface area contributed by atoms with Gasteiger partial charge in [-0.05, 0) is 29.8 Å². The van der Waals surface area contributed by atoms with Gasteiger partial charge in [-0.3, -0.25) is 0 Å². The van der Waals surface area contributed by atoms with E-state index < -0.39 is 11.7 Å². The van der Waals surface area contributed by atoms with Crippen molar-refractivity contribution in [2.45, 2.75) is 16.8 Å². The van der Waals surface area contributed by atoms with Crippen LogP contribution in [-0.4, -0.2) is 0 Å². The lowest BCUT2D eigenvalue weighted by atomic mass is 10.1. The van der Waals surface area contributed by atoms with Crippen LogP contribution in [0.3, 0.4) is 0 Å². The van der Waals surface area contributed by atoms with E-state index in [1.165, 1.54) is 6.07 Å². The fourth-order valence-electron chi connectivity index (χ4n) is 1.99. The highest BCUT2D eigenvalue weighted by atomic mass is 32.2. The molecule has 0 amide bonds. The van der Waals surface area contributed by atoms with Gasteiger partial charge in [0.2, 0.25) is 0 Å². The second-order valence-electron chi connectivity index (χ2n) is 4.28. The number of nitrogens with one attached hydrogen (secondary N) is 1. The zero-order valence-corrected chi connectivity index (χ0v) is 10.6. The highest BCUT2D eigenvalue weighted by Gasteiger charge is 2.31. The first-order valence-electron chi connectivity index (χ1n) is 5.73. The van der Waals surface area contributed by atoms with Crippen LogP contribution >= 0.6 is 11.8 Å². The molecule has 0 saturated heterocycles. The van der Waals surface area contributed by atoms with Crippen molar-refractivity contribution in [1.29, 1.82) is 0 Å². The average Bonchev–Trinajstić information content (AvgIpc) is 2.55. The number of alkyl halides is 3. The summed E-state index contributed by atoms with van der Waals surface area (Å²) in [7, 11) is 0. The van der Waals surface area contributed by atoms with E-state index in [1.54, 1.807) is 17.8 Å². The van der Waals surface area contributed by atoms with E-state index in [-0.39, 0.29) is 0 Å². The SMILES string of the molecule is FC(F)(F)c1ccc2c(c1)Nc1ccccc1SC2. The number of anilines is 2. The van der Waals surface area contributed by atoms with Crippen LogP contribution in [0.1, 0.15) is 11.1 Å². The number of halogens is 3. The van der Waals surface area contributed by atoms with Crippen molar-refractivity contribution in [3.8, 4) is 0 Å². The Balaban J connectivity index is 2.05. The zero-order valence-electron chi connectivity index (χ0n) is 9.79. The molecule has 0 radical (unpaired) electrons. The van der Waals surface area contributed by atoms with Crippen LogP contribution in [0.5, 0.6) is 0 Å². The molecule has 2 aromatic rings. The molecular formula is C14H10F3NS. The highest BCUT2D eigenvalue weighted by molar-refractivity contribution is 7.98. The first-order valence-corrected chi connectivity index (χ1v) is 6.71. The highest BCUT2D eigenvalue weighted by Crippen LogP contribution is 2.40. The van der Waals surface area contributed by atoms with E-state index in [2.05, 4.69) is 5.32 Å². The molecule has 1 aliphatic heterocycles. The largest absolute Gasteiger partial charge is 0.416 e. The Morgan fingerprint density at radius 1 is 1.00 bits per heavy atom. The first-order chi connectivity index (χ1) is 9.04. The Labute approximate surface area is 112 Å². The predicted octanol–water partition coefficient (Wildman–Crippen LogP) is 5.05.